The number of rotatable bonds is 0. The van der Waals surface area contributed by atoms with Crippen molar-refractivity contribution in [3.8, 4) is 0 Å². The Kier molecular flexibility index (Phi) is 1.93. The first-order valence-corrected chi connectivity index (χ1v) is 4.54. The number of ether oxygens (including phenoxy) is 2. The number of carbonyl (C=O) groups is 1. The quantitative estimate of drug-likeness (QED) is 0.549. The maximum Gasteiger partial charge on any atom is 0.175 e. The van der Waals surface area contributed by atoms with E-state index in [1.54, 1.807) is 0 Å². The molecule has 2 heterocycles. The second-order valence-corrected chi connectivity index (χ2v) is 3.71. The zero-order valence-corrected chi connectivity index (χ0v) is 7.34. The predicted octanol–water partition coefficient (Wildman–Crippen LogP) is 1.26. The fourth-order valence-electron chi connectivity index (χ4n) is 2.05. The van der Waals surface area contributed by atoms with Crippen molar-refractivity contribution in [3.05, 3.63) is 0 Å². The molecular weight excluding hydrogens is 156 g/mol. The van der Waals surface area contributed by atoms with E-state index in [1.165, 1.54) is 0 Å². The highest BCUT2D eigenvalue weighted by Crippen LogP contribution is 2.35. The van der Waals surface area contributed by atoms with Crippen molar-refractivity contribution in [1.29, 1.82) is 0 Å². The summed E-state index contributed by atoms with van der Waals surface area (Å²) in [6.45, 7) is 2.67. The van der Waals surface area contributed by atoms with Crippen LogP contribution < -0.4 is 0 Å². The molecule has 0 unspecified atom stereocenters. The van der Waals surface area contributed by atoms with Crippen LogP contribution in [0.2, 0.25) is 0 Å². The van der Waals surface area contributed by atoms with Crippen LogP contribution in [-0.2, 0) is 14.3 Å². The molecule has 0 aromatic carbocycles. The summed E-state index contributed by atoms with van der Waals surface area (Å²) < 4.78 is 11.1. The molecular formula is C9H14O3. The number of ketones is 1. The van der Waals surface area contributed by atoms with Gasteiger partial charge in [-0.3, -0.25) is 4.79 Å². The molecule has 0 radical (unpaired) electrons. The van der Waals surface area contributed by atoms with E-state index in [0.29, 0.717) is 12.8 Å². The van der Waals surface area contributed by atoms with Crippen LogP contribution in [0.4, 0.5) is 0 Å². The van der Waals surface area contributed by atoms with E-state index < -0.39 is 5.79 Å². The third-order valence-corrected chi connectivity index (χ3v) is 2.46. The summed E-state index contributed by atoms with van der Waals surface area (Å²) in [5, 5.41) is 0. The molecule has 2 saturated heterocycles. The number of Topliss-reactive ketones (excluding diaryl/α,β-unsaturated/α-hetero) is 1. The van der Waals surface area contributed by atoms with Crippen LogP contribution in [0, 0.1) is 0 Å². The Morgan fingerprint density at radius 3 is 3.00 bits per heavy atom. The summed E-state index contributed by atoms with van der Waals surface area (Å²) in [4.78, 5) is 11.3. The van der Waals surface area contributed by atoms with E-state index in [-0.39, 0.29) is 11.9 Å². The summed E-state index contributed by atoms with van der Waals surface area (Å²) in [5.74, 6) is -0.259. The second-order valence-electron chi connectivity index (χ2n) is 3.71. The van der Waals surface area contributed by atoms with Crippen molar-refractivity contribution in [2.45, 2.75) is 44.5 Å². The lowest BCUT2D eigenvalue weighted by molar-refractivity contribution is -0.245. The van der Waals surface area contributed by atoms with Crippen LogP contribution in [0.25, 0.3) is 0 Å². The SMILES string of the molecule is C[C@@H]1CC(=O)C[C@]2(CCCO2)O1. The second kappa shape index (κ2) is 2.82. The van der Waals surface area contributed by atoms with E-state index in [1.807, 2.05) is 6.92 Å². The van der Waals surface area contributed by atoms with Gasteiger partial charge in [0.1, 0.15) is 5.78 Å². The fourth-order valence-corrected chi connectivity index (χ4v) is 2.05. The largest absolute Gasteiger partial charge is 0.349 e. The van der Waals surface area contributed by atoms with Crippen LogP contribution in [0.15, 0.2) is 0 Å². The van der Waals surface area contributed by atoms with Crippen molar-refractivity contribution >= 4 is 5.78 Å². The summed E-state index contributed by atoms with van der Waals surface area (Å²) in [7, 11) is 0. The first kappa shape index (κ1) is 8.20. The summed E-state index contributed by atoms with van der Waals surface area (Å²) in [5.41, 5.74) is 0. The van der Waals surface area contributed by atoms with E-state index in [0.717, 1.165) is 19.4 Å². The molecule has 0 aliphatic carbocycles. The van der Waals surface area contributed by atoms with Gasteiger partial charge >= 0.3 is 0 Å². The molecule has 3 heteroatoms. The van der Waals surface area contributed by atoms with Gasteiger partial charge in [-0.05, 0) is 13.3 Å². The minimum absolute atomic E-state index is 0.0318. The lowest BCUT2D eigenvalue weighted by Crippen LogP contribution is -2.42. The fraction of sp³-hybridized carbons (Fsp3) is 0.889. The average Bonchev–Trinajstić information content (AvgIpc) is 2.33. The Balaban J connectivity index is 2.09. The minimum atomic E-state index is -0.533. The molecule has 12 heavy (non-hydrogen) atoms. The molecule has 3 nitrogen and oxygen atoms in total. The van der Waals surface area contributed by atoms with Gasteiger partial charge in [0, 0.05) is 12.8 Å². The smallest absolute Gasteiger partial charge is 0.175 e. The van der Waals surface area contributed by atoms with Gasteiger partial charge in [-0.1, -0.05) is 0 Å². The summed E-state index contributed by atoms with van der Waals surface area (Å²) in [6.07, 6.45) is 2.93. The molecule has 0 N–H and O–H groups in total. The zero-order chi connectivity index (χ0) is 8.60. The molecule has 0 aromatic rings. The lowest BCUT2D eigenvalue weighted by atomic mass is 9.98. The maximum atomic E-state index is 11.3. The Hall–Kier alpha value is -0.410. The zero-order valence-electron chi connectivity index (χ0n) is 7.34. The van der Waals surface area contributed by atoms with Crippen LogP contribution in [0.1, 0.15) is 32.6 Å². The van der Waals surface area contributed by atoms with Crippen molar-refractivity contribution in [2.75, 3.05) is 6.61 Å². The highest BCUT2D eigenvalue weighted by Gasteiger charge is 2.43. The third-order valence-electron chi connectivity index (χ3n) is 2.46. The topological polar surface area (TPSA) is 35.5 Å². The monoisotopic (exact) mass is 170 g/mol. The van der Waals surface area contributed by atoms with Crippen LogP contribution in [0.3, 0.4) is 0 Å². The van der Waals surface area contributed by atoms with Crippen molar-refractivity contribution in [2.24, 2.45) is 0 Å². The first-order chi connectivity index (χ1) is 5.70. The Morgan fingerprint density at radius 1 is 1.58 bits per heavy atom. The number of hydrogen-bond acceptors (Lipinski definition) is 3. The van der Waals surface area contributed by atoms with E-state index in [9.17, 15) is 4.79 Å². The molecule has 2 atom stereocenters. The molecule has 0 bridgehead atoms. The molecule has 68 valence electrons. The van der Waals surface area contributed by atoms with Crippen molar-refractivity contribution < 1.29 is 14.3 Å². The molecule has 0 amide bonds. The van der Waals surface area contributed by atoms with Gasteiger partial charge in [0.15, 0.2) is 5.79 Å². The van der Waals surface area contributed by atoms with E-state index in [2.05, 4.69) is 0 Å². The van der Waals surface area contributed by atoms with Gasteiger partial charge in [-0.15, -0.1) is 0 Å². The number of carbonyl (C=O) groups excluding carboxylic acids is 1. The predicted molar refractivity (Wildman–Crippen MR) is 42.7 cm³/mol. The highest BCUT2D eigenvalue weighted by molar-refractivity contribution is 5.80. The maximum absolute atomic E-state index is 11.3. The van der Waals surface area contributed by atoms with E-state index in [4.69, 9.17) is 9.47 Å². The van der Waals surface area contributed by atoms with Gasteiger partial charge in [0.05, 0.1) is 19.1 Å². The molecule has 2 rings (SSSR count). The Bertz CT molecular complexity index is 194. The van der Waals surface area contributed by atoms with Crippen molar-refractivity contribution in [1.82, 2.24) is 0 Å². The van der Waals surface area contributed by atoms with E-state index >= 15 is 0 Å². The number of hydrogen-bond donors (Lipinski definition) is 0. The first-order valence-electron chi connectivity index (χ1n) is 4.54. The molecule has 2 fully saturated rings. The van der Waals surface area contributed by atoms with Crippen LogP contribution in [0.5, 0.6) is 0 Å². The molecule has 0 aromatic heterocycles. The highest BCUT2D eigenvalue weighted by atomic mass is 16.7. The van der Waals surface area contributed by atoms with Gasteiger partial charge in [0.25, 0.3) is 0 Å². The molecule has 1 spiro atoms. The Labute approximate surface area is 72.0 Å². The molecule has 0 saturated carbocycles. The summed E-state index contributed by atoms with van der Waals surface area (Å²) in [6, 6.07) is 0. The minimum Gasteiger partial charge on any atom is -0.349 e. The van der Waals surface area contributed by atoms with Crippen molar-refractivity contribution in [3.63, 3.8) is 0 Å². The van der Waals surface area contributed by atoms with Gasteiger partial charge in [0.2, 0.25) is 0 Å². The van der Waals surface area contributed by atoms with Crippen LogP contribution in [-0.4, -0.2) is 24.3 Å². The standard InChI is InChI=1S/C9H14O3/c1-7-5-8(10)6-9(12-7)3-2-4-11-9/h7H,2-6H2,1H3/t7-,9+/m1/s1. The third kappa shape index (κ3) is 1.39. The van der Waals surface area contributed by atoms with Gasteiger partial charge in [-0.25, -0.2) is 0 Å². The van der Waals surface area contributed by atoms with Gasteiger partial charge in [-0.2, -0.15) is 0 Å². The Morgan fingerprint density at radius 2 is 2.42 bits per heavy atom. The van der Waals surface area contributed by atoms with Crippen LogP contribution >= 0.6 is 0 Å². The lowest BCUT2D eigenvalue weighted by Gasteiger charge is -2.35. The summed E-state index contributed by atoms with van der Waals surface area (Å²) >= 11 is 0. The normalized spacial score (nSPS) is 42.4. The van der Waals surface area contributed by atoms with Gasteiger partial charge < -0.3 is 9.47 Å². The average molecular weight is 170 g/mol. The molecule has 2 aliphatic rings. The molecule has 2 aliphatic heterocycles.